The van der Waals surface area contributed by atoms with Gasteiger partial charge in [0, 0.05) is 5.56 Å². The standard InChI is InChI=1S/C24H24N4O5/c25-5-6-33-19-3-2-18(24-11-14-7-15(12-24)9-16(8-14)13-24)10-17(19)1-4-20-26-22(29)21(28(31)32)23(30)27-20/h1-4,10,14-16H,6-9,11-13H2,(H2,26,27,29,30)/b4-1+. The number of nitro groups is 1. The number of H-pyrrole nitrogens is 1. The summed E-state index contributed by atoms with van der Waals surface area (Å²) in [7, 11) is 0. The van der Waals surface area contributed by atoms with Crippen molar-refractivity contribution in [3.8, 4) is 17.7 Å². The van der Waals surface area contributed by atoms with Gasteiger partial charge in [0.05, 0.1) is 4.92 Å². The van der Waals surface area contributed by atoms with E-state index in [-0.39, 0.29) is 17.8 Å². The van der Waals surface area contributed by atoms with E-state index in [9.17, 15) is 20.0 Å². The van der Waals surface area contributed by atoms with E-state index in [0.29, 0.717) is 5.75 Å². The molecule has 6 rings (SSSR count). The molecule has 0 amide bonds. The zero-order valence-electron chi connectivity index (χ0n) is 18.0. The highest BCUT2D eigenvalue weighted by Crippen LogP contribution is 2.60. The third-order valence-electron chi connectivity index (χ3n) is 7.45. The Morgan fingerprint density at radius 2 is 1.91 bits per heavy atom. The van der Waals surface area contributed by atoms with Crippen LogP contribution in [0.5, 0.6) is 11.6 Å². The number of hydrogen-bond acceptors (Lipinski definition) is 7. The number of aromatic hydroxyl groups is 1. The fourth-order valence-corrected chi connectivity index (χ4v) is 6.60. The number of nitrogens with one attached hydrogen (secondary N) is 1. The molecule has 1 heterocycles. The van der Waals surface area contributed by atoms with Crippen LogP contribution in [0.3, 0.4) is 0 Å². The van der Waals surface area contributed by atoms with E-state index in [1.165, 1.54) is 50.2 Å². The maximum atomic E-state index is 11.9. The Labute approximate surface area is 189 Å². The van der Waals surface area contributed by atoms with Crippen molar-refractivity contribution in [3.63, 3.8) is 0 Å². The molecule has 0 spiro atoms. The number of nitriles is 1. The van der Waals surface area contributed by atoms with Crippen LogP contribution in [-0.4, -0.2) is 26.6 Å². The summed E-state index contributed by atoms with van der Waals surface area (Å²) in [5.74, 6) is 1.95. The summed E-state index contributed by atoms with van der Waals surface area (Å²) in [4.78, 5) is 27.9. The molecule has 4 bridgehead atoms. The van der Waals surface area contributed by atoms with Crippen LogP contribution < -0.4 is 10.3 Å². The molecule has 1 aromatic carbocycles. The lowest BCUT2D eigenvalue weighted by Crippen LogP contribution is -2.48. The Morgan fingerprint density at radius 1 is 1.24 bits per heavy atom. The van der Waals surface area contributed by atoms with Gasteiger partial charge in [0.15, 0.2) is 6.61 Å². The Morgan fingerprint density at radius 3 is 2.48 bits per heavy atom. The van der Waals surface area contributed by atoms with Gasteiger partial charge < -0.3 is 14.8 Å². The quantitative estimate of drug-likeness (QED) is 0.503. The SMILES string of the molecule is N#CCOc1ccc(C23CC4CC(CC(C4)C2)C3)cc1/C=C/c1nc(O)c([N+](=O)[O-])c(=O)[nH]1. The van der Waals surface area contributed by atoms with Crippen molar-refractivity contribution in [2.75, 3.05) is 6.61 Å². The Balaban J connectivity index is 1.50. The molecule has 0 unspecified atom stereocenters. The molecule has 33 heavy (non-hydrogen) atoms. The summed E-state index contributed by atoms with van der Waals surface area (Å²) in [6, 6.07) is 8.04. The van der Waals surface area contributed by atoms with E-state index in [0.717, 1.165) is 23.3 Å². The molecule has 0 radical (unpaired) electrons. The first-order valence-corrected chi connectivity index (χ1v) is 11.2. The number of nitrogens with zero attached hydrogens (tertiary/aromatic N) is 3. The lowest BCUT2D eigenvalue weighted by atomic mass is 9.48. The zero-order chi connectivity index (χ0) is 23.2. The fourth-order valence-electron chi connectivity index (χ4n) is 6.60. The minimum Gasteiger partial charge on any atom is -0.488 e. The third kappa shape index (κ3) is 3.86. The van der Waals surface area contributed by atoms with Crippen molar-refractivity contribution < 1.29 is 14.8 Å². The lowest BCUT2D eigenvalue weighted by molar-refractivity contribution is -0.387. The smallest absolute Gasteiger partial charge is 0.395 e. The van der Waals surface area contributed by atoms with E-state index in [4.69, 9.17) is 10.00 Å². The number of benzene rings is 1. The van der Waals surface area contributed by atoms with Gasteiger partial charge in [-0.15, -0.1) is 0 Å². The highest BCUT2D eigenvalue weighted by atomic mass is 16.6. The summed E-state index contributed by atoms with van der Waals surface area (Å²) >= 11 is 0. The van der Waals surface area contributed by atoms with Gasteiger partial charge in [-0.25, -0.2) is 0 Å². The van der Waals surface area contributed by atoms with Gasteiger partial charge in [-0.2, -0.15) is 10.2 Å². The van der Waals surface area contributed by atoms with Crippen LogP contribution in [0.1, 0.15) is 55.5 Å². The predicted molar refractivity (Wildman–Crippen MR) is 120 cm³/mol. The van der Waals surface area contributed by atoms with Gasteiger partial charge >= 0.3 is 11.2 Å². The minimum atomic E-state index is -1.03. The van der Waals surface area contributed by atoms with Crippen molar-refractivity contribution in [2.45, 2.75) is 43.9 Å². The molecule has 1 aromatic heterocycles. The van der Waals surface area contributed by atoms with Gasteiger partial charge in [0.1, 0.15) is 17.6 Å². The molecule has 4 aliphatic rings. The molecule has 4 fully saturated rings. The van der Waals surface area contributed by atoms with Gasteiger partial charge in [-0.1, -0.05) is 6.07 Å². The Bertz CT molecular complexity index is 1210. The molecule has 0 aliphatic heterocycles. The van der Waals surface area contributed by atoms with Crippen molar-refractivity contribution in [1.82, 2.24) is 9.97 Å². The van der Waals surface area contributed by atoms with Gasteiger partial charge in [-0.05, 0) is 91.5 Å². The maximum Gasteiger partial charge on any atom is 0.395 e. The average Bonchev–Trinajstić information content (AvgIpc) is 2.75. The summed E-state index contributed by atoms with van der Waals surface area (Å²) in [6.07, 6.45) is 10.8. The van der Waals surface area contributed by atoms with Crippen LogP contribution in [0.15, 0.2) is 23.0 Å². The number of aromatic nitrogens is 2. The molecule has 9 heteroatoms. The number of aromatic amines is 1. The molecular formula is C24H24N4O5. The molecule has 2 aromatic rings. The highest BCUT2D eigenvalue weighted by molar-refractivity contribution is 5.71. The summed E-state index contributed by atoms with van der Waals surface area (Å²) in [6.45, 7) is -0.106. The van der Waals surface area contributed by atoms with Crippen LogP contribution >= 0.6 is 0 Å². The molecular weight excluding hydrogens is 424 g/mol. The van der Waals surface area contributed by atoms with Gasteiger partial charge in [0.2, 0.25) is 0 Å². The largest absolute Gasteiger partial charge is 0.488 e. The van der Waals surface area contributed by atoms with Crippen LogP contribution in [0.4, 0.5) is 5.69 Å². The van der Waals surface area contributed by atoms with Crippen molar-refractivity contribution >= 4 is 17.8 Å². The Kier molecular flexibility index (Phi) is 5.16. The summed E-state index contributed by atoms with van der Waals surface area (Å²) < 4.78 is 5.60. The first-order valence-electron chi connectivity index (χ1n) is 11.2. The highest BCUT2D eigenvalue weighted by Gasteiger charge is 2.51. The van der Waals surface area contributed by atoms with Crippen molar-refractivity contribution in [1.29, 1.82) is 5.26 Å². The fraction of sp³-hybridized carbons (Fsp3) is 0.458. The van der Waals surface area contributed by atoms with E-state index < -0.39 is 22.0 Å². The normalized spacial score (nSPS) is 27.5. The van der Waals surface area contributed by atoms with Crippen LogP contribution in [0, 0.1) is 39.2 Å². The topological polar surface area (TPSA) is 142 Å². The van der Waals surface area contributed by atoms with E-state index in [1.54, 1.807) is 6.08 Å². The monoisotopic (exact) mass is 448 g/mol. The number of rotatable bonds is 6. The predicted octanol–water partition coefficient (Wildman–Crippen LogP) is 3.92. The first-order chi connectivity index (χ1) is 15.9. The second-order valence-corrected chi connectivity index (χ2v) is 9.61. The van der Waals surface area contributed by atoms with Crippen LogP contribution in [0.2, 0.25) is 0 Å². The van der Waals surface area contributed by atoms with Crippen molar-refractivity contribution in [3.05, 3.63) is 55.6 Å². The summed E-state index contributed by atoms with van der Waals surface area (Å²) in [5, 5.41) is 29.6. The zero-order valence-corrected chi connectivity index (χ0v) is 18.0. The first kappa shape index (κ1) is 21.2. The second-order valence-electron chi connectivity index (χ2n) is 9.61. The second kappa shape index (κ2) is 8.03. The van der Waals surface area contributed by atoms with Crippen LogP contribution in [-0.2, 0) is 5.41 Å². The number of hydrogen-bond donors (Lipinski definition) is 2. The van der Waals surface area contributed by atoms with Gasteiger partial charge in [0.25, 0.3) is 5.88 Å². The molecule has 0 atom stereocenters. The van der Waals surface area contributed by atoms with Crippen molar-refractivity contribution in [2.24, 2.45) is 17.8 Å². The lowest BCUT2D eigenvalue weighted by Gasteiger charge is -2.57. The third-order valence-corrected chi connectivity index (χ3v) is 7.45. The maximum absolute atomic E-state index is 11.9. The van der Waals surface area contributed by atoms with Gasteiger partial charge in [-0.3, -0.25) is 14.9 Å². The molecule has 4 aliphatic carbocycles. The number of ether oxygens (including phenoxy) is 1. The average molecular weight is 448 g/mol. The van der Waals surface area contributed by atoms with E-state index in [2.05, 4.69) is 22.1 Å². The molecule has 0 saturated heterocycles. The summed E-state index contributed by atoms with van der Waals surface area (Å²) in [5.41, 5.74) is 0.130. The van der Waals surface area contributed by atoms with Crippen LogP contribution in [0.25, 0.3) is 12.2 Å². The minimum absolute atomic E-state index is 0.0189. The molecule has 2 N–H and O–H groups in total. The van der Waals surface area contributed by atoms with E-state index in [1.807, 2.05) is 12.1 Å². The Hall–Kier alpha value is -3.67. The van der Waals surface area contributed by atoms with E-state index >= 15 is 0 Å². The molecule has 4 saturated carbocycles. The molecule has 9 nitrogen and oxygen atoms in total. The molecule has 170 valence electrons.